The van der Waals surface area contributed by atoms with Crippen molar-refractivity contribution >= 4 is 44.4 Å². The van der Waals surface area contributed by atoms with E-state index in [1.54, 1.807) is 18.3 Å². The lowest BCUT2D eigenvalue weighted by Gasteiger charge is -2.50. The predicted molar refractivity (Wildman–Crippen MR) is 151 cm³/mol. The number of aryl methyl sites for hydroxylation is 1. The molecular formula is C24H30N8O8S2. The summed E-state index contributed by atoms with van der Waals surface area (Å²) < 4.78 is 42.8. The van der Waals surface area contributed by atoms with Gasteiger partial charge in [-0.1, -0.05) is 17.3 Å². The molecule has 0 aliphatic carbocycles. The maximum Gasteiger partial charge on any atom is 0.418 e. The molecule has 2 aromatic heterocycles. The molecule has 18 heteroatoms. The van der Waals surface area contributed by atoms with Gasteiger partial charge in [-0.15, -0.1) is 15.6 Å². The lowest BCUT2D eigenvalue weighted by atomic mass is 9.84. The number of carbonyl (C=O) groups excluding carboxylic acids is 2. The Labute approximate surface area is 245 Å². The van der Waals surface area contributed by atoms with Crippen LogP contribution in [0.3, 0.4) is 0 Å². The number of rotatable bonds is 14. The molecule has 2 amide bonds. The van der Waals surface area contributed by atoms with Gasteiger partial charge in [0.1, 0.15) is 24.1 Å². The van der Waals surface area contributed by atoms with Crippen molar-refractivity contribution in [2.24, 2.45) is 10.9 Å². The fraction of sp³-hybridized carbons (Fsp3) is 0.375. The molecule has 1 fully saturated rings. The number of hydroxylamine groups is 2. The zero-order chi connectivity index (χ0) is 30.5. The molecule has 3 aromatic rings. The highest BCUT2D eigenvalue weighted by molar-refractivity contribution is 7.80. The zero-order valence-electron chi connectivity index (χ0n) is 22.7. The number of oxime groups is 1. The summed E-state index contributed by atoms with van der Waals surface area (Å²) in [5.74, 6) is -1.14. The van der Waals surface area contributed by atoms with Crippen LogP contribution in [0.5, 0.6) is 5.75 Å². The number of hydrogen-bond donors (Lipinski definition) is 4. The average molecular weight is 623 g/mol. The van der Waals surface area contributed by atoms with E-state index in [2.05, 4.69) is 24.8 Å². The molecule has 1 saturated heterocycles. The number of nitrogens with two attached hydrogens (primary N) is 2. The summed E-state index contributed by atoms with van der Waals surface area (Å²) in [7, 11) is -4.94. The number of ether oxygens (including phenoxy) is 1. The van der Waals surface area contributed by atoms with Crippen LogP contribution in [-0.2, 0) is 35.7 Å². The van der Waals surface area contributed by atoms with E-state index in [9.17, 15) is 18.0 Å². The van der Waals surface area contributed by atoms with E-state index in [4.69, 9.17) is 25.6 Å². The van der Waals surface area contributed by atoms with Crippen molar-refractivity contribution in [1.29, 1.82) is 0 Å². The molecule has 3 heterocycles. The van der Waals surface area contributed by atoms with Gasteiger partial charge in [0.2, 0.25) is 0 Å². The third-order valence-corrected chi connectivity index (χ3v) is 7.12. The summed E-state index contributed by atoms with van der Waals surface area (Å²) in [6, 6.07) is 6.22. The van der Waals surface area contributed by atoms with Gasteiger partial charge in [-0.2, -0.15) is 18.6 Å². The zero-order valence-corrected chi connectivity index (χ0v) is 24.3. The molecule has 16 nitrogen and oxygen atoms in total. The van der Waals surface area contributed by atoms with E-state index in [1.807, 2.05) is 23.0 Å². The monoisotopic (exact) mass is 622 g/mol. The number of nitrogen functional groups attached to an aromatic ring is 1. The normalized spacial score (nSPS) is 16.7. The molecule has 0 spiro atoms. The summed E-state index contributed by atoms with van der Waals surface area (Å²) in [6.07, 6.45) is 4.58. The summed E-state index contributed by atoms with van der Waals surface area (Å²) >= 11 is 1.07. The van der Waals surface area contributed by atoms with E-state index in [1.165, 1.54) is 19.2 Å². The van der Waals surface area contributed by atoms with Crippen LogP contribution in [0.25, 0.3) is 11.1 Å². The molecule has 1 aliphatic heterocycles. The largest absolute Gasteiger partial charge is 0.490 e. The van der Waals surface area contributed by atoms with Crippen LogP contribution >= 0.6 is 11.3 Å². The van der Waals surface area contributed by atoms with E-state index in [-0.39, 0.29) is 29.8 Å². The Morgan fingerprint density at radius 3 is 2.60 bits per heavy atom. The highest BCUT2D eigenvalue weighted by Gasteiger charge is 2.58. The molecule has 1 atom stereocenters. The van der Waals surface area contributed by atoms with E-state index in [0.29, 0.717) is 17.4 Å². The van der Waals surface area contributed by atoms with Gasteiger partial charge in [0.05, 0.1) is 11.7 Å². The topological polar surface area (TPSA) is 227 Å². The second-order valence-electron chi connectivity index (χ2n) is 9.55. The number of amides is 2. The number of benzene rings is 1. The van der Waals surface area contributed by atoms with Gasteiger partial charge >= 0.3 is 10.4 Å². The maximum absolute atomic E-state index is 13.0. The van der Waals surface area contributed by atoms with E-state index in [0.717, 1.165) is 35.4 Å². The minimum Gasteiger partial charge on any atom is -0.490 e. The second kappa shape index (κ2) is 12.8. The third-order valence-electron chi connectivity index (χ3n) is 6.11. The van der Waals surface area contributed by atoms with Gasteiger partial charge in [-0.25, -0.2) is 4.98 Å². The first-order valence-electron chi connectivity index (χ1n) is 12.6. The van der Waals surface area contributed by atoms with Gasteiger partial charge in [0, 0.05) is 23.7 Å². The van der Waals surface area contributed by atoms with Crippen molar-refractivity contribution in [2.45, 2.75) is 38.4 Å². The number of β-lactam (4-membered cyclic amide) rings is 1. The molecule has 0 unspecified atom stereocenters. The maximum atomic E-state index is 13.0. The number of thiazole rings is 1. The third kappa shape index (κ3) is 7.39. The smallest absolute Gasteiger partial charge is 0.418 e. The fourth-order valence-electron chi connectivity index (χ4n) is 3.96. The minimum absolute atomic E-state index is 0.0319. The average Bonchev–Trinajstić information content (AvgIpc) is 3.60. The number of aromatic nitrogens is 3. The summed E-state index contributed by atoms with van der Waals surface area (Å²) in [5.41, 5.74) is 11.7. The first kappa shape index (κ1) is 30.8. The first-order chi connectivity index (χ1) is 19.9. The molecule has 0 saturated carbocycles. The van der Waals surface area contributed by atoms with Crippen LogP contribution in [-0.4, -0.2) is 81.7 Å². The van der Waals surface area contributed by atoms with E-state index >= 15 is 0 Å². The van der Waals surface area contributed by atoms with Crippen LogP contribution in [0.15, 0.2) is 47.2 Å². The van der Waals surface area contributed by atoms with Crippen LogP contribution < -0.4 is 21.5 Å². The summed E-state index contributed by atoms with van der Waals surface area (Å²) in [5, 5.41) is 12.8. The summed E-state index contributed by atoms with van der Waals surface area (Å²) in [4.78, 5) is 34.8. The van der Waals surface area contributed by atoms with Crippen molar-refractivity contribution in [3.05, 3.63) is 47.7 Å². The van der Waals surface area contributed by atoms with Gasteiger partial charge in [-0.05, 0) is 44.5 Å². The van der Waals surface area contributed by atoms with Crippen LogP contribution in [0.1, 0.15) is 26.0 Å². The number of hydrogen-bond acceptors (Lipinski definition) is 13. The predicted octanol–water partition coefficient (Wildman–Crippen LogP) is 0.577. The van der Waals surface area contributed by atoms with Crippen LogP contribution in [0, 0.1) is 0 Å². The number of nitrogens with one attached hydrogen (secondary N) is 1. The Bertz CT molecular complexity index is 1550. The quantitative estimate of drug-likeness (QED) is 0.0636. The number of anilines is 1. The second-order valence-corrected chi connectivity index (χ2v) is 11.4. The molecule has 1 aromatic carbocycles. The lowest BCUT2D eigenvalue weighted by Crippen LogP contribution is -2.76. The van der Waals surface area contributed by atoms with Gasteiger partial charge < -0.3 is 26.4 Å². The molecule has 42 heavy (non-hydrogen) atoms. The Balaban J connectivity index is 1.33. The summed E-state index contributed by atoms with van der Waals surface area (Å²) in [6.45, 7) is 4.28. The minimum atomic E-state index is -4.94. The SMILES string of the molecule is CC1(C)[C@H](NC(=O)/C(=N\OCCOc2ccc(-c3cnn(CCCN)c3)cc2)c2csc(N)n2)C(=O)N1OS(=O)(=O)O. The Hall–Kier alpha value is -4.10. The molecule has 4 rings (SSSR count). The Kier molecular flexibility index (Phi) is 9.42. The van der Waals surface area contributed by atoms with E-state index < -0.39 is 33.8 Å². The molecule has 1 aliphatic rings. The van der Waals surface area contributed by atoms with Crippen molar-refractivity contribution in [2.75, 3.05) is 25.5 Å². The van der Waals surface area contributed by atoms with Gasteiger partial charge in [0.25, 0.3) is 11.8 Å². The van der Waals surface area contributed by atoms with Crippen LogP contribution in [0.4, 0.5) is 5.13 Å². The first-order valence-corrected chi connectivity index (χ1v) is 14.8. The molecule has 0 bridgehead atoms. The molecule has 226 valence electrons. The van der Waals surface area contributed by atoms with Crippen molar-refractivity contribution in [3.63, 3.8) is 0 Å². The van der Waals surface area contributed by atoms with Crippen LogP contribution in [0.2, 0.25) is 0 Å². The fourth-order valence-corrected chi connectivity index (χ4v) is 4.96. The highest BCUT2D eigenvalue weighted by Crippen LogP contribution is 2.33. The molecular weight excluding hydrogens is 592 g/mol. The lowest BCUT2D eigenvalue weighted by molar-refractivity contribution is -0.218. The number of carbonyl (C=O) groups is 2. The molecule has 6 N–H and O–H groups in total. The van der Waals surface area contributed by atoms with Crippen molar-refractivity contribution < 1.29 is 36.4 Å². The highest BCUT2D eigenvalue weighted by atomic mass is 32.3. The van der Waals surface area contributed by atoms with Crippen molar-refractivity contribution in [1.82, 2.24) is 25.1 Å². The number of nitrogens with zero attached hydrogens (tertiary/aromatic N) is 5. The van der Waals surface area contributed by atoms with Gasteiger partial charge in [-0.3, -0.25) is 18.8 Å². The van der Waals surface area contributed by atoms with Gasteiger partial charge in [0.15, 0.2) is 17.5 Å². The standard InChI is InChI=1S/C24H30N8O8S2/c1-24(2)20(22(34)32(24)40-42(35,36)37)29-21(33)19(18-14-41-23(26)28-18)30-39-11-10-38-17-6-4-15(5-7-17)16-12-27-31(13-16)9-3-8-25/h4-7,12-14,20H,3,8-11,25H2,1-2H3,(H2,26,28)(H,29,33)(H,35,36,37)/b30-19-/t20-/m1/s1. The Morgan fingerprint density at radius 1 is 1.24 bits per heavy atom. The van der Waals surface area contributed by atoms with Crippen molar-refractivity contribution in [3.8, 4) is 16.9 Å². The molecule has 0 radical (unpaired) electrons. The Morgan fingerprint density at radius 2 is 1.98 bits per heavy atom.